The topological polar surface area (TPSA) is 69.6 Å². The highest BCUT2D eigenvalue weighted by Gasteiger charge is 2.51. The van der Waals surface area contributed by atoms with E-state index in [1.807, 2.05) is 35.2 Å². The number of nitrogens with zero attached hydrogens (tertiary/aromatic N) is 1. The van der Waals surface area contributed by atoms with Gasteiger partial charge in [-0.2, -0.15) is 0 Å². The van der Waals surface area contributed by atoms with Crippen LogP contribution in [0.15, 0.2) is 58.3 Å². The van der Waals surface area contributed by atoms with Gasteiger partial charge in [0.1, 0.15) is 0 Å². The van der Waals surface area contributed by atoms with Crippen LogP contribution in [0.5, 0.6) is 0 Å². The summed E-state index contributed by atoms with van der Waals surface area (Å²) in [4.78, 5) is 29.0. The van der Waals surface area contributed by atoms with Crippen molar-refractivity contribution in [2.45, 2.75) is 99.3 Å². The number of aliphatic carboxylic acids is 1. The predicted molar refractivity (Wildman–Crippen MR) is 154 cm³/mol. The lowest BCUT2D eigenvalue weighted by atomic mass is 9.53. The Kier molecular flexibility index (Phi) is 8.67. The van der Waals surface area contributed by atoms with Crippen LogP contribution in [0, 0.1) is 17.8 Å². The molecule has 0 atom stereocenters. The minimum Gasteiger partial charge on any atom is -0.481 e. The summed E-state index contributed by atoms with van der Waals surface area (Å²) in [5, 5.41) is 12.6. The first-order chi connectivity index (χ1) is 18.4. The molecule has 0 spiro atoms. The van der Waals surface area contributed by atoms with E-state index in [4.69, 9.17) is 5.11 Å². The van der Waals surface area contributed by atoms with Gasteiger partial charge >= 0.3 is 12.0 Å². The summed E-state index contributed by atoms with van der Waals surface area (Å²) >= 11 is 1.64. The number of unbranched alkanes of at least 4 members (excludes halogenated alkanes) is 4. The van der Waals surface area contributed by atoms with Gasteiger partial charge in [0.15, 0.2) is 0 Å². The van der Waals surface area contributed by atoms with Crippen LogP contribution in [0.4, 0.5) is 10.5 Å². The van der Waals surface area contributed by atoms with Crippen molar-refractivity contribution in [3.63, 3.8) is 0 Å². The molecule has 0 heterocycles. The number of hydrogen-bond donors (Lipinski definition) is 2. The molecule has 4 fully saturated rings. The van der Waals surface area contributed by atoms with Crippen molar-refractivity contribution >= 4 is 29.4 Å². The number of rotatable bonds is 12. The maximum Gasteiger partial charge on any atom is 0.322 e. The quantitative estimate of drug-likeness (QED) is 0.271. The minimum absolute atomic E-state index is 0.00362. The Balaban J connectivity index is 1.30. The Labute approximate surface area is 231 Å². The molecule has 0 aromatic heterocycles. The first kappa shape index (κ1) is 27.1. The Hall–Kier alpha value is -2.47. The monoisotopic (exact) mass is 534 g/mol. The van der Waals surface area contributed by atoms with Gasteiger partial charge in [-0.1, -0.05) is 62.6 Å². The van der Waals surface area contributed by atoms with Crippen molar-refractivity contribution in [2.24, 2.45) is 17.8 Å². The van der Waals surface area contributed by atoms with E-state index in [9.17, 15) is 9.59 Å². The second-order valence-corrected chi connectivity index (χ2v) is 13.2. The van der Waals surface area contributed by atoms with Crippen molar-refractivity contribution in [3.05, 3.63) is 54.1 Å². The van der Waals surface area contributed by atoms with Gasteiger partial charge in [0.25, 0.3) is 0 Å². The van der Waals surface area contributed by atoms with Crippen LogP contribution in [-0.4, -0.2) is 29.2 Å². The largest absolute Gasteiger partial charge is 0.481 e. The van der Waals surface area contributed by atoms with E-state index in [2.05, 4.69) is 30.4 Å². The van der Waals surface area contributed by atoms with E-state index in [0.717, 1.165) is 77.4 Å². The molecule has 6 rings (SSSR count). The van der Waals surface area contributed by atoms with Crippen LogP contribution in [0.25, 0.3) is 0 Å². The third kappa shape index (κ3) is 6.74. The summed E-state index contributed by atoms with van der Waals surface area (Å²) in [6, 6.07) is 16.1. The third-order valence-electron chi connectivity index (χ3n) is 8.78. The average Bonchev–Trinajstić information content (AvgIpc) is 2.86. The number of benzene rings is 2. The number of urea groups is 1. The molecule has 2 aromatic carbocycles. The summed E-state index contributed by atoms with van der Waals surface area (Å²) < 4.78 is 0. The molecule has 204 valence electrons. The fourth-order valence-electron chi connectivity index (χ4n) is 7.48. The summed E-state index contributed by atoms with van der Waals surface area (Å²) in [6.45, 7) is 2.97. The SMILES string of the molecule is CCCCCCCN(C(=O)NC12CC3CC(CC(C3)C1)C2)c1cccc(Sc2ccc(CC(=O)O)cc2)c1. The Morgan fingerprint density at radius 1 is 0.921 bits per heavy atom. The molecule has 0 saturated heterocycles. The summed E-state index contributed by atoms with van der Waals surface area (Å²) in [5.74, 6) is 1.57. The smallest absolute Gasteiger partial charge is 0.322 e. The third-order valence-corrected chi connectivity index (χ3v) is 9.78. The molecule has 0 aliphatic heterocycles. The summed E-state index contributed by atoms with van der Waals surface area (Å²) in [5.41, 5.74) is 1.75. The molecule has 0 unspecified atom stereocenters. The zero-order valence-corrected chi connectivity index (χ0v) is 23.5. The number of carbonyl (C=O) groups is 2. The second kappa shape index (κ2) is 12.1. The van der Waals surface area contributed by atoms with Crippen molar-refractivity contribution in [1.82, 2.24) is 5.32 Å². The highest BCUT2D eigenvalue weighted by molar-refractivity contribution is 7.99. The van der Waals surface area contributed by atoms with Gasteiger partial charge in [0.2, 0.25) is 0 Å². The summed E-state index contributed by atoms with van der Waals surface area (Å²) in [7, 11) is 0. The highest BCUT2D eigenvalue weighted by atomic mass is 32.2. The summed E-state index contributed by atoms with van der Waals surface area (Å²) in [6.07, 6.45) is 13.4. The van der Waals surface area contributed by atoms with Gasteiger partial charge in [-0.25, -0.2) is 4.79 Å². The first-order valence-electron chi connectivity index (χ1n) is 14.6. The van der Waals surface area contributed by atoms with Crippen LogP contribution in [0.3, 0.4) is 0 Å². The molecule has 4 saturated carbocycles. The molecule has 4 aliphatic rings. The first-order valence-corrected chi connectivity index (χ1v) is 15.4. The molecular weight excluding hydrogens is 492 g/mol. The predicted octanol–water partition coefficient (Wildman–Crippen LogP) is 7.92. The molecule has 2 aromatic rings. The van der Waals surface area contributed by atoms with Crippen molar-refractivity contribution in [3.8, 4) is 0 Å². The van der Waals surface area contributed by atoms with E-state index < -0.39 is 5.97 Å². The molecule has 0 radical (unpaired) electrons. The maximum absolute atomic E-state index is 13.9. The fraction of sp³-hybridized carbons (Fsp3) is 0.562. The Bertz CT molecular complexity index is 1080. The molecule has 4 bridgehead atoms. The molecular formula is C32H42N2O3S. The number of carbonyl (C=O) groups excluding carboxylic acids is 1. The second-order valence-electron chi connectivity index (χ2n) is 12.0. The normalized spacial score (nSPS) is 25.3. The Morgan fingerprint density at radius 3 is 2.21 bits per heavy atom. The zero-order valence-electron chi connectivity index (χ0n) is 22.7. The standard InChI is InChI=1S/C32H42N2O3S/c1-2-3-4-5-6-14-34(31(37)33-32-20-24-15-25(21-32)17-26(16-24)22-32)27-8-7-9-29(19-27)38-28-12-10-23(11-13-28)18-30(35)36/h7-13,19,24-26H,2-6,14-18,20-22H2,1H3,(H,33,37)(H,35,36). The van der Waals surface area contributed by atoms with Crippen LogP contribution >= 0.6 is 11.8 Å². The van der Waals surface area contributed by atoms with Crippen LogP contribution in [0.1, 0.15) is 83.1 Å². The van der Waals surface area contributed by atoms with Crippen molar-refractivity contribution in [1.29, 1.82) is 0 Å². The molecule has 5 nitrogen and oxygen atoms in total. The van der Waals surface area contributed by atoms with E-state index in [-0.39, 0.29) is 18.0 Å². The van der Waals surface area contributed by atoms with E-state index in [1.54, 1.807) is 11.8 Å². The number of nitrogens with one attached hydrogen (secondary N) is 1. The lowest BCUT2D eigenvalue weighted by Gasteiger charge is -2.57. The number of carboxylic acids is 1. The lowest BCUT2D eigenvalue weighted by molar-refractivity contribution is -0.136. The minimum atomic E-state index is -0.820. The number of hydrogen-bond acceptors (Lipinski definition) is 3. The van der Waals surface area contributed by atoms with Crippen LogP contribution < -0.4 is 10.2 Å². The van der Waals surface area contributed by atoms with Gasteiger partial charge < -0.3 is 10.4 Å². The zero-order chi connectivity index (χ0) is 26.5. The number of carboxylic acid groups (broad SMARTS) is 1. The molecule has 38 heavy (non-hydrogen) atoms. The van der Waals surface area contributed by atoms with E-state index in [1.165, 1.54) is 38.5 Å². The molecule has 4 aliphatic carbocycles. The van der Waals surface area contributed by atoms with Gasteiger partial charge in [-0.3, -0.25) is 9.69 Å². The fourth-order valence-corrected chi connectivity index (χ4v) is 8.35. The van der Waals surface area contributed by atoms with E-state index in [0.29, 0.717) is 0 Å². The lowest BCUT2D eigenvalue weighted by Crippen LogP contribution is -2.62. The highest BCUT2D eigenvalue weighted by Crippen LogP contribution is 2.55. The van der Waals surface area contributed by atoms with Crippen molar-refractivity contribution < 1.29 is 14.7 Å². The van der Waals surface area contributed by atoms with Gasteiger partial charge in [-0.05, 0) is 98.6 Å². The van der Waals surface area contributed by atoms with Gasteiger partial charge in [-0.15, -0.1) is 0 Å². The average molecular weight is 535 g/mol. The molecule has 2 amide bonds. The molecule has 6 heteroatoms. The number of anilines is 1. The van der Waals surface area contributed by atoms with Crippen LogP contribution in [0.2, 0.25) is 0 Å². The molecule has 2 N–H and O–H groups in total. The van der Waals surface area contributed by atoms with Crippen molar-refractivity contribution in [2.75, 3.05) is 11.4 Å². The number of amides is 2. The van der Waals surface area contributed by atoms with Gasteiger partial charge in [0.05, 0.1) is 6.42 Å². The van der Waals surface area contributed by atoms with Gasteiger partial charge in [0, 0.05) is 27.6 Å². The van der Waals surface area contributed by atoms with Crippen LogP contribution in [-0.2, 0) is 11.2 Å². The Morgan fingerprint density at radius 2 is 1.58 bits per heavy atom. The van der Waals surface area contributed by atoms with E-state index >= 15 is 0 Å². The maximum atomic E-state index is 13.9.